The number of hydrogen-bond donors (Lipinski definition) is 1. The number of hydrogen-bond acceptors (Lipinski definition) is 3. The number of ketones is 1. The number of nitrogens with zero attached hydrogens (tertiary/aromatic N) is 1. The van der Waals surface area contributed by atoms with Crippen LogP contribution in [0, 0.1) is 6.07 Å². The van der Waals surface area contributed by atoms with Gasteiger partial charge in [0, 0.05) is 50.3 Å². The van der Waals surface area contributed by atoms with Crippen LogP contribution in [0.5, 0.6) is 0 Å². The predicted molar refractivity (Wildman–Crippen MR) is 167 cm³/mol. The fourth-order valence-corrected chi connectivity index (χ4v) is 5.57. The van der Waals surface area contributed by atoms with E-state index in [0.29, 0.717) is 11.6 Å². The van der Waals surface area contributed by atoms with E-state index in [2.05, 4.69) is 11.1 Å². The van der Waals surface area contributed by atoms with E-state index in [1.807, 2.05) is 66.7 Å². The molecule has 4 aromatic rings. The summed E-state index contributed by atoms with van der Waals surface area (Å²) >= 11 is 0. The molecular weight excluding hydrogens is 759 g/mol. The fourth-order valence-electron chi connectivity index (χ4n) is 5.57. The van der Waals surface area contributed by atoms with Gasteiger partial charge in [0.2, 0.25) is 0 Å². The van der Waals surface area contributed by atoms with Crippen LogP contribution in [-0.2, 0) is 30.8 Å². The maximum absolute atomic E-state index is 14.7. The molecule has 1 aliphatic carbocycles. The summed E-state index contributed by atoms with van der Waals surface area (Å²) in [5.74, 6) is -4.64. The summed E-state index contributed by atoms with van der Waals surface area (Å²) in [7, 11) is 0. The van der Waals surface area contributed by atoms with Gasteiger partial charge in [0.1, 0.15) is 5.76 Å². The first-order valence-corrected chi connectivity index (χ1v) is 15.1. The molecule has 1 aromatic heterocycles. The van der Waals surface area contributed by atoms with E-state index in [1.165, 1.54) is 0 Å². The van der Waals surface area contributed by atoms with E-state index in [9.17, 15) is 27.5 Å². The molecule has 1 radical (unpaired) electrons. The number of pyridine rings is 1. The molecule has 0 amide bonds. The van der Waals surface area contributed by atoms with E-state index in [-0.39, 0.29) is 63.7 Å². The quantitative estimate of drug-likeness (QED) is 0.0795. The maximum atomic E-state index is 14.7. The number of carbonyl (C=O) groups is 1. The number of aliphatic hydroxyl groups is 1. The molecule has 0 bridgehead atoms. The summed E-state index contributed by atoms with van der Waals surface area (Å²) in [6, 6.07) is 25.9. The summed E-state index contributed by atoms with van der Waals surface area (Å²) in [5, 5.41) is 11.3. The molecule has 0 aliphatic heterocycles. The molecule has 3 nitrogen and oxygen atoms in total. The fraction of sp³-hybridized carbons (Fsp3) is 0.351. The third-order valence-electron chi connectivity index (χ3n) is 8.72. The minimum absolute atomic E-state index is 0. The number of carbonyl (C=O) groups excluding carboxylic acids is 1. The number of fused-ring (bicyclic) bond motifs is 2. The number of allylic oxidation sites excluding steroid dienone is 2. The van der Waals surface area contributed by atoms with Gasteiger partial charge in [0.15, 0.2) is 17.1 Å². The largest absolute Gasteiger partial charge is 0.509 e. The Morgan fingerprint density at radius 3 is 2.13 bits per heavy atom. The van der Waals surface area contributed by atoms with Gasteiger partial charge in [-0.25, -0.2) is 17.6 Å². The van der Waals surface area contributed by atoms with Gasteiger partial charge in [0.05, 0.1) is 0 Å². The molecule has 0 saturated heterocycles. The second-order valence-corrected chi connectivity index (χ2v) is 11.2. The molecule has 1 N–H and O–H groups in total. The summed E-state index contributed by atoms with van der Waals surface area (Å²) in [6.07, 6.45) is 2.34. The monoisotopic (exact) mass is 797 g/mol. The topological polar surface area (TPSA) is 50.2 Å². The standard InChI is InChI=1S/C24H16F2N.C13H22F2O2.Ir/c25-24(26)14-21(16-7-3-1-4-8-16)20-11-18-13-23(17-9-5-2-6-10-17)27-15-19(18)12-22(20)24;1-5-12(14,6-2)10(16)9-11(17)13(15,7-3)8-4;/h1-9,11-13,15,21H,14H2;9,16H,5-8H2,1-4H3;/q-1;;/b;10-9-;. The zero-order valence-electron chi connectivity index (χ0n) is 25.8. The van der Waals surface area contributed by atoms with Gasteiger partial charge in [-0.2, -0.15) is 0 Å². The van der Waals surface area contributed by atoms with E-state index in [0.717, 1.165) is 27.6 Å². The SMILES string of the molecule is CCC(F)(CC)C(=O)/C=C(\O)C(F)(CC)CC.FC1(F)CC(c2ccccc2)c2cc3cc(-c4[c-]cccc4)ncc3cc21.[Ir]. The smallest absolute Gasteiger partial charge is 0.274 e. The van der Waals surface area contributed by atoms with Gasteiger partial charge < -0.3 is 10.1 Å². The van der Waals surface area contributed by atoms with Crippen molar-refractivity contribution in [2.24, 2.45) is 0 Å². The van der Waals surface area contributed by atoms with Crippen molar-refractivity contribution < 1.29 is 47.6 Å². The third-order valence-corrected chi connectivity index (χ3v) is 8.72. The van der Waals surface area contributed by atoms with Gasteiger partial charge in [0.25, 0.3) is 5.92 Å². The van der Waals surface area contributed by atoms with Gasteiger partial charge in [-0.15, -0.1) is 35.9 Å². The Bertz CT molecular complexity index is 1620. The number of aliphatic hydroxyl groups excluding tert-OH is 1. The molecule has 1 aliphatic rings. The van der Waals surface area contributed by atoms with Crippen molar-refractivity contribution in [3.63, 3.8) is 0 Å². The van der Waals surface area contributed by atoms with Crippen LogP contribution in [0.3, 0.4) is 0 Å². The molecule has 1 heterocycles. The average Bonchev–Trinajstić information content (AvgIpc) is 3.32. The van der Waals surface area contributed by atoms with Crippen molar-refractivity contribution >= 4 is 16.6 Å². The number of alkyl halides is 4. The molecule has 45 heavy (non-hydrogen) atoms. The van der Waals surface area contributed by atoms with Crippen molar-refractivity contribution in [1.29, 1.82) is 0 Å². The van der Waals surface area contributed by atoms with Crippen molar-refractivity contribution in [3.8, 4) is 11.3 Å². The first-order valence-electron chi connectivity index (χ1n) is 15.1. The summed E-state index contributed by atoms with van der Waals surface area (Å²) < 4.78 is 57.4. The molecule has 241 valence electrons. The van der Waals surface area contributed by atoms with Gasteiger partial charge >= 0.3 is 0 Å². The van der Waals surface area contributed by atoms with Crippen LogP contribution in [0.1, 0.15) is 82.4 Å². The van der Waals surface area contributed by atoms with Gasteiger partial charge in [-0.05, 0) is 59.3 Å². The van der Waals surface area contributed by atoms with Gasteiger partial charge in [-0.1, -0.05) is 70.2 Å². The zero-order valence-corrected chi connectivity index (χ0v) is 28.2. The number of aromatic nitrogens is 1. The van der Waals surface area contributed by atoms with Crippen LogP contribution in [0.15, 0.2) is 90.8 Å². The Hall–Kier alpha value is -3.35. The van der Waals surface area contributed by atoms with Crippen molar-refractivity contribution in [1.82, 2.24) is 4.98 Å². The molecular formula is C37H38F4IrNO2-. The van der Waals surface area contributed by atoms with Gasteiger partial charge in [-0.3, -0.25) is 4.79 Å². The molecule has 5 rings (SSSR count). The Kier molecular flexibility index (Phi) is 11.9. The Labute approximate surface area is 276 Å². The van der Waals surface area contributed by atoms with E-state index >= 15 is 0 Å². The first-order chi connectivity index (χ1) is 20.9. The normalized spacial score (nSPS) is 15.9. The second kappa shape index (κ2) is 14.8. The molecule has 0 fully saturated rings. The average molecular weight is 797 g/mol. The number of rotatable bonds is 9. The number of benzene rings is 3. The van der Waals surface area contributed by atoms with E-state index in [4.69, 9.17) is 0 Å². The zero-order chi connectivity index (χ0) is 32.1. The Morgan fingerprint density at radius 1 is 0.933 bits per heavy atom. The summed E-state index contributed by atoms with van der Waals surface area (Å²) in [6.45, 7) is 6.24. The van der Waals surface area contributed by atoms with Crippen LogP contribution >= 0.6 is 0 Å². The molecule has 8 heteroatoms. The van der Waals surface area contributed by atoms with E-state index < -0.39 is 28.8 Å². The van der Waals surface area contributed by atoms with E-state index in [1.54, 1.807) is 40.0 Å². The third kappa shape index (κ3) is 7.73. The molecule has 3 aromatic carbocycles. The minimum Gasteiger partial charge on any atom is -0.509 e. The first kappa shape index (κ1) is 36.1. The van der Waals surface area contributed by atoms with Crippen LogP contribution in [0.4, 0.5) is 17.6 Å². The van der Waals surface area contributed by atoms with Crippen molar-refractivity contribution in [2.45, 2.75) is 83.0 Å². The van der Waals surface area contributed by atoms with Crippen LogP contribution in [0.25, 0.3) is 22.0 Å². The maximum Gasteiger partial charge on any atom is 0.274 e. The number of halogens is 4. The van der Waals surface area contributed by atoms with Crippen LogP contribution in [0.2, 0.25) is 0 Å². The molecule has 1 unspecified atom stereocenters. The molecule has 0 spiro atoms. The van der Waals surface area contributed by atoms with Crippen LogP contribution < -0.4 is 0 Å². The van der Waals surface area contributed by atoms with Crippen molar-refractivity contribution in [3.05, 3.63) is 114 Å². The van der Waals surface area contributed by atoms with Crippen molar-refractivity contribution in [2.75, 3.05) is 0 Å². The molecule has 0 saturated carbocycles. The summed E-state index contributed by atoms with van der Waals surface area (Å²) in [4.78, 5) is 16.1. The molecule has 1 atom stereocenters. The summed E-state index contributed by atoms with van der Waals surface area (Å²) in [5.41, 5.74) is -0.471. The van der Waals surface area contributed by atoms with Crippen LogP contribution in [-0.4, -0.2) is 27.2 Å². The predicted octanol–water partition coefficient (Wildman–Crippen LogP) is 10.4. The minimum atomic E-state index is -2.82. The Balaban J connectivity index is 0.000000270. The second-order valence-electron chi connectivity index (χ2n) is 11.2. The Morgan fingerprint density at radius 2 is 1.56 bits per heavy atom.